The van der Waals surface area contributed by atoms with E-state index in [1.54, 1.807) is 13.2 Å². The first-order valence-electron chi connectivity index (χ1n) is 9.00. The Labute approximate surface area is 159 Å². The number of sulfonamides is 1. The zero-order chi connectivity index (χ0) is 19.1. The van der Waals surface area contributed by atoms with E-state index in [4.69, 9.17) is 9.88 Å². The van der Waals surface area contributed by atoms with Gasteiger partial charge in [0.15, 0.2) is 0 Å². The quantitative estimate of drug-likeness (QED) is 0.872. The van der Waals surface area contributed by atoms with Gasteiger partial charge >= 0.3 is 0 Å². The van der Waals surface area contributed by atoms with Gasteiger partial charge in [-0.05, 0) is 48.2 Å². The molecule has 2 aliphatic rings. The van der Waals surface area contributed by atoms with Crippen molar-refractivity contribution in [2.45, 2.75) is 30.6 Å². The molecule has 140 valence electrons. The molecular weight excluding hydrogens is 360 g/mol. The molecule has 0 atom stereocenters. The van der Waals surface area contributed by atoms with Gasteiger partial charge in [0.05, 0.1) is 12.8 Å². The van der Waals surface area contributed by atoms with Crippen LogP contribution in [0.3, 0.4) is 0 Å². The van der Waals surface area contributed by atoms with Crippen LogP contribution < -0.4 is 9.88 Å². The Hall–Kier alpha value is -2.44. The molecular formula is C21H22N2O3S. The molecule has 0 saturated heterocycles. The van der Waals surface area contributed by atoms with Crippen LogP contribution >= 0.6 is 0 Å². The smallest absolute Gasteiger partial charge is 0.239 e. The van der Waals surface area contributed by atoms with Crippen LogP contribution in [0, 0.1) is 5.41 Å². The number of hydrogen-bond donors (Lipinski definition) is 1. The van der Waals surface area contributed by atoms with E-state index in [0.717, 1.165) is 41.0 Å². The van der Waals surface area contributed by atoms with Crippen molar-refractivity contribution in [3.05, 3.63) is 66.0 Å². The highest BCUT2D eigenvalue weighted by Crippen LogP contribution is 2.51. The summed E-state index contributed by atoms with van der Waals surface area (Å²) in [5.41, 5.74) is 4.11. The van der Waals surface area contributed by atoms with E-state index in [0.29, 0.717) is 0 Å². The van der Waals surface area contributed by atoms with E-state index < -0.39 is 10.0 Å². The highest BCUT2D eigenvalue weighted by molar-refractivity contribution is 7.89. The number of methoxy groups -OCH3 is 1. The molecule has 1 aromatic carbocycles. The number of hydrogen-bond acceptors (Lipinski definition) is 4. The lowest BCUT2D eigenvalue weighted by molar-refractivity contribution is 0.415. The van der Waals surface area contributed by atoms with Crippen molar-refractivity contribution in [1.29, 1.82) is 0 Å². The highest BCUT2D eigenvalue weighted by Gasteiger charge is 2.36. The van der Waals surface area contributed by atoms with E-state index >= 15 is 0 Å². The standard InChI is InChI=1S/C21H22N2O3S/c1-26-16-6-4-15(5-7-16)18-12-21(10-2-3-11-21)13-19(18)20-9-8-17(14-23-20)27(22,24)25/h4-9,12-14H,2-3,10-11H2,1H3,(H2,22,24,25). The normalized spacial score (nSPS) is 18.4. The number of rotatable bonds is 4. The van der Waals surface area contributed by atoms with Gasteiger partial charge in [-0.15, -0.1) is 0 Å². The van der Waals surface area contributed by atoms with E-state index in [2.05, 4.69) is 17.1 Å². The molecule has 6 heteroatoms. The van der Waals surface area contributed by atoms with Gasteiger partial charge in [0, 0.05) is 17.2 Å². The predicted molar refractivity (Wildman–Crippen MR) is 105 cm³/mol. The van der Waals surface area contributed by atoms with Crippen LogP contribution in [0.15, 0.2) is 59.6 Å². The lowest BCUT2D eigenvalue weighted by Crippen LogP contribution is -2.12. The third-order valence-corrected chi connectivity index (χ3v) is 6.33. The maximum atomic E-state index is 11.5. The number of primary sulfonamides is 1. The number of pyridine rings is 1. The minimum atomic E-state index is -3.75. The molecule has 2 aliphatic carbocycles. The molecule has 0 bridgehead atoms. The van der Waals surface area contributed by atoms with E-state index in [-0.39, 0.29) is 10.3 Å². The third-order valence-electron chi connectivity index (χ3n) is 5.43. The lowest BCUT2D eigenvalue weighted by Gasteiger charge is -2.16. The first-order chi connectivity index (χ1) is 12.9. The molecule has 27 heavy (non-hydrogen) atoms. The summed E-state index contributed by atoms with van der Waals surface area (Å²) in [7, 11) is -2.10. The molecule has 5 nitrogen and oxygen atoms in total. The van der Waals surface area contributed by atoms with E-state index in [1.807, 2.05) is 24.3 Å². The summed E-state index contributed by atoms with van der Waals surface area (Å²) in [6.45, 7) is 0. The maximum Gasteiger partial charge on any atom is 0.239 e. The number of aromatic nitrogens is 1. The molecule has 2 N–H and O–H groups in total. The van der Waals surface area contributed by atoms with Crippen molar-refractivity contribution in [1.82, 2.24) is 4.98 Å². The Bertz CT molecular complexity index is 1010. The molecule has 1 heterocycles. The molecule has 0 radical (unpaired) electrons. The molecule has 0 aliphatic heterocycles. The summed E-state index contributed by atoms with van der Waals surface area (Å²) in [5, 5.41) is 5.19. The second-order valence-electron chi connectivity index (χ2n) is 7.21. The van der Waals surface area contributed by atoms with Crippen molar-refractivity contribution in [2.75, 3.05) is 7.11 Å². The van der Waals surface area contributed by atoms with Gasteiger partial charge in [-0.3, -0.25) is 4.98 Å². The zero-order valence-corrected chi connectivity index (χ0v) is 16.0. The van der Waals surface area contributed by atoms with Crippen LogP contribution in [0.4, 0.5) is 0 Å². The maximum absolute atomic E-state index is 11.5. The first kappa shape index (κ1) is 17.9. The van der Waals surface area contributed by atoms with Gasteiger partial charge in [-0.2, -0.15) is 0 Å². The molecule has 1 spiro atoms. The number of allylic oxidation sites excluding steroid dienone is 4. The van der Waals surface area contributed by atoms with Crippen LogP contribution in [0.1, 0.15) is 36.9 Å². The van der Waals surface area contributed by atoms with E-state index in [9.17, 15) is 8.42 Å². The SMILES string of the molecule is COc1ccc(C2=CC3(C=C2c2ccc(S(N)(=O)=O)cn2)CCCC3)cc1. The van der Waals surface area contributed by atoms with Gasteiger partial charge in [0.1, 0.15) is 10.6 Å². The van der Waals surface area contributed by atoms with Crippen LogP contribution in [0.5, 0.6) is 5.75 Å². The van der Waals surface area contributed by atoms with Crippen molar-refractivity contribution in [2.24, 2.45) is 10.6 Å². The molecule has 4 rings (SSSR count). The Balaban J connectivity index is 1.77. The fourth-order valence-corrected chi connectivity index (χ4v) is 4.48. The number of nitrogens with zero attached hydrogens (tertiary/aromatic N) is 1. The lowest BCUT2D eigenvalue weighted by atomic mass is 9.88. The molecule has 1 aromatic heterocycles. The summed E-state index contributed by atoms with van der Waals surface area (Å²) in [4.78, 5) is 4.42. The molecule has 0 unspecified atom stereocenters. The molecule has 2 aromatic rings. The van der Waals surface area contributed by atoms with Gasteiger partial charge < -0.3 is 4.74 Å². The Morgan fingerprint density at radius 1 is 1.00 bits per heavy atom. The van der Waals surface area contributed by atoms with Crippen molar-refractivity contribution >= 4 is 21.2 Å². The number of ether oxygens (including phenoxy) is 1. The zero-order valence-electron chi connectivity index (χ0n) is 15.2. The fourth-order valence-electron chi connectivity index (χ4n) is 4.02. The van der Waals surface area contributed by atoms with Crippen molar-refractivity contribution in [3.8, 4) is 5.75 Å². The Kier molecular flexibility index (Phi) is 4.40. The van der Waals surface area contributed by atoms with Gasteiger partial charge in [0.2, 0.25) is 10.0 Å². The number of nitrogens with two attached hydrogens (primary N) is 1. The summed E-state index contributed by atoms with van der Waals surface area (Å²) < 4.78 is 28.3. The van der Waals surface area contributed by atoms with Crippen LogP contribution in [0.25, 0.3) is 11.1 Å². The van der Waals surface area contributed by atoms with E-state index in [1.165, 1.54) is 25.1 Å². The topological polar surface area (TPSA) is 82.3 Å². The number of benzene rings is 1. The average Bonchev–Trinajstić information content (AvgIpc) is 3.28. The second-order valence-corrected chi connectivity index (χ2v) is 8.77. The van der Waals surface area contributed by atoms with Crippen LogP contribution in [0.2, 0.25) is 0 Å². The minimum Gasteiger partial charge on any atom is -0.497 e. The highest BCUT2D eigenvalue weighted by atomic mass is 32.2. The Morgan fingerprint density at radius 2 is 1.67 bits per heavy atom. The van der Waals surface area contributed by atoms with Gasteiger partial charge in [-0.1, -0.05) is 37.1 Å². The van der Waals surface area contributed by atoms with Crippen LogP contribution in [-0.4, -0.2) is 20.5 Å². The first-order valence-corrected chi connectivity index (χ1v) is 10.5. The van der Waals surface area contributed by atoms with Gasteiger partial charge in [-0.25, -0.2) is 13.6 Å². The molecule has 1 fully saturated rings. The fraction of sp³-hybridized carbons (Fsp3) is 0.286. The Morgan fingerprint density at radius 3 is 2.22 bits per heavy atom. The summed E-state index contributed by atoms with van der Waals surface area (Å²) in [5.74, 6) is 0.814. The summed E-state index contributed by atoms with van der Waals surface area (Å²) in [6.07, 6.45) is 10.7. The molecule has 1 saturated carbocycles. The van der Waals surface area contributed by atoms with Crippen LogP contribution in [-0.2, 0) is 10.0 Å². The monoisotopic (exact) mass is 382 g/mol. The third kappa shape index (κ3) is 3.42. The summed E-state index contributed by atoms with van der Waals surface area (Å²) in [6, 6.07) is 11.2. The van der Waals surface area contributed by atoms with Crippen molar-refractivity contribution < 1.29 is 13.2 Å². The average molecular weight is 382 g/mol. The summed E-state index contributed by atoms with van der Waals surface area (Å²) >= 11 is 0. The predicted octanol–water partition coefficient (Wildman–Crippen LogP) is 3.78. The molecule has 0 amide bonds. The van der Waals surface area contributed by atoms with Gasteiger partial charge in [0.25, 0.3) is 0 Å². The second kappa shape index (κ2) is 6.62. The minimum absolute atomic E-state index is 0.0235. The van der Waals surface area contributed by atoms with Crippen molar-refractivity contribution in [3.63, 3.8) is 0 Å². The largest absolute Gasteiger partial charge is 0.497 e.